The number of aliphatic hydroxyl groups excluding tert-OH is 1. The van der Waals surface area contributed by atoms with Crippen molar-refractivity contribution in [2.45, 2.75) is 19.4 Å². The third kappa shape index (κ3) is 4.41. The molecule has 6 heteroatoms. The van der Waals surface area contributed by atoms with E-state index >= 15 is 0 Å². The summed E-state index contributed by atoms with van der Waals surface area (Å²) in [6.45, 7) is 1.91. The molecule has 0 aliphatic rings. The van der Waals surface area contributed by atoms with Crippen LogP contribution in [0.15, 0.2) is 16.8 Å². The molecule has 1 heterocycles. The standard InChI is InChI=1S/C10H14N2O3S/c1-7(13)2-4-11-9(14)10(15)12-8-3-5-16-6-8/h3,5-7,13H,2,4H2,1H3,(H,11,14)(H,12,15). The molecule has 0 aromatic carbocycles. The number of hydrogen-bond acceptors (Lipinski definition) is 4. The fourth-order valence-corrected chi connectivity index (χ4v) is 1.59. The zero-order valence-corrected chi connectivity index (χ0v) is 9.71. The molecule has 1 aromatic rings. The quantitative estimate of drug-likeness (QED) is 0.676. The van der Waals surface area contributed by atoms with E-state index in [1.54, 1.807) is 23.8 Å². The van der Waals surface area contributed by atoms with E-state index in [0.29, 0.717) is 12.1 Å². The molecule has 0 saturated carbocycles. The molecule has 0 spiro atoms. The van der Waals surface area contributed by atoms with Gasteiger partial charge in [-0.25, -0.2) is 0 Å². The van der Waals surface area contributed by atoms with Crippen LogP contribution in [0.4, 0.5) is 5.69 Å². The van der Waals surface area contributed by atoms with E-state index in [2.05, 4.69) is 10.6 Å². The van der Waals surface area contributed by atoms with Gasteiger partial charge in [0.25, 0.3) is 0 Å². The summed E-state index contributed by atoms with van der Waals surface area (Å²) in [5.41, 5.74) is 0.612. The van der Waals surface area contributed by atoms with Crippen LogP contribution in [0.5, 0.6) is 0 Å². The van der Waals surface area contributed by atoms with Gasteiger partial charge < -0.3 is 15.7 Å². The van der Waals surface area contributed by atoms with Gasteiger partial charge in [0.15, 0.2) is 0 Å². The van der Waals surface area contributed by atoms with Crippen molar-refractivity contribution in [1.29, 1.82) is 0 Å². The van der Waals surface area contributed by atoms with Crippen LogP contribution in [0.25, 0.3) is 0 Å². The van der Waals surface area contributed by atoms with E-state index in [1.807, 2.05) is 0 Å². The highest BCUT2D eigenvalue weighted by molar-refractivity contribution is 7.08. The average molecular weight is 242 g/mol. The van der Waals surface area contributed by atoms with Crippen LogP contribution in [0, 0.1) is 0 Å². The minimum Gasteiger partial charge on any atom is -0.393 e. The van der Waals surface area contributed by atoms with Gasteiger partial charge >= 0.3 is 11.8 Å². The summed E-state index contributed by atoms with van der Waals surface area (Å²) in [4.78, 5) is 22.6. The average Bonchev–Trinajstić information content (AvgIpc) is 2.69. The van der Waals surface area contributed by atoms with E-state index in [0.717, 1.165) is 0 Å². The Hall–Kier alpha value is -1.40. The van der Waals surface area contributed by atoms with E-state index < -0.39 is 17.9 Å². The first-order valence-electron chi connectivity index (χ1n) is 4.89. The van der Waals surface area contributed by atoms with Crippen molar-refractivity contribution < 1.29 is 14.7 Å². The summed E-state index contributed by atoms with van der Waals surface area (Å²) in [7, 11) is 0. The summed E-state index contributed by atoms with van der Waals surface area (Å²) in [6, 6.07) is 1.71. The third-order valence-corrected chi connectivity index (χ3v) is 2.52. The van der Waals surface area contributed by atoms with Crippen molar-refractivity contribution in [3.05, 3.63) is 16.8 Å². The fourth-order valence-electron chi connectivity index (χ4n) is 0.998. The Kier molecular flexibility index (Phi) is 4.94. The van der Waals surface area contributed by atoms with E-state index in [9.17, 15) is 9.59 Å². The van der Waals surface area contributed by atoms with Crippen molar-refractivity contribution >= 4 is 28.8 Å². The molecule has 16 heavy (non-hydrogen) atoms. The van der Waals surface area contributed by atoms with Gasteiger partial charge in [0.05, 0.1) is 11.8 Å². The topological polar surface area (TPSA) is 78.4 Å². The van der Waals surface area contributed by atoms with E-state index in [4.69, 9.17) is 5.11 Å². The molecule has 3 N–H and O–H groups in total. The molecule has 5 nitrogen and oxygen atoms in total. The summed E-state index contributed by atoms with van der Waals surface area (Å²) < 4.78 is 0. The zero-order valence-electron chi connectivity index (χ0n) is 8.90. The molecule has 1 unspecified atom stereocenters. The highest BCUT2D eigenvalue weighted by Crippen LogP contribution is 2.11. The Labute approximate surface area is 97.5 Å². The minimum absolute atomic E-state index is 0.285. The second kappa shape index (κ2) is 6.24. The van der Waals surface area contributed by atoms with Gasteiger partial charge in [-0.2, -0.15) is 11.3 Å². The normalized spacial score (nSPS) is 11.9. The summed E-state index contributed by atoms with van der Waals surface area (Å²) in [5, 5.41) is 17.4. The first kappa shape index (κ1) is 12.7. The number of thiophene rings is 1. The van der Waals surface area contributed by atoms with E-state index in [1.165, 1.54) is 11.3 Å². The Balaban J connectivity index is 2.28. The monoisotopic (exact) mass is 242 g/mol. The predicted molar refractivity (Wildman–Crippen MR) is 62.3 cm³/mol. The Morgan fingerprint density at radius 2 is 2.25 bits per heavy atom. The molecule has 88 valence electrons. The van der Waals surface area contributed by atoms with Gasteiger partial charge in [-0.3, -0.25) is 9.59 Å². The Bertz CT molecular complexity index is 349. The summed E-state index contributed by atoms with van der Waals surface area (Å²) >= 11 is 1.44. The maximum atomic E-state index is 11.3. The molecular formula is C10H14N2O3S. The molecule has 1 atom stereocenters. The maximum absolute atomic E-state index is 11.3. The van der Waals surface area contributed by atoms with Gasteiger partial charge in [-0.15, -0.1) is 0 Å². The van der Waals surface area contributed by atoms with Crippen LogP contribution in [0.1, 0.15) is 13.3 Å². The molecule has 0 aliphatic carbocycles. The highest BCUT2D eigenvalue weighted by Gasteiger charge is 2.13. The molecule has 1 rings (SSSR count). The lowest BCUT2D eigenvalue weighted by molar-refractivity contribution is -0.136. The first-order chi connectivity index (χ1) is 7.59. The van der Waals surface area contributed by atoms with Crippen LogP contribution in [0.2, 0.25) is 0 Å². The molecule has 0 radical (unpaired) electrons. The van der Waals surface area contributed by atoms with Crippen LogP contribution in [-0.2, 0) is 9.59 Å². The third-order valence-electron chi connectivity index (χ3n) is 1.83. The lowest BCUT2D eigenvalue weighted by Gasteiger charge is -2.06. The number of amides is 2. The largest absolute Gasteiger partial charge is 0.393 e. The van der Waals surface area contributed by atoms with Crippen molar-refractivity contribution in [3.63, 3.8) is 0 Å². The smallest absolute Gasteiger partial charge is 0.313 e. The van der Waals surface area contributed by atoms with Gasteiger partial charge in [0.1, 0.15) is 0 Å². The number of anilines is 1. The molecule has 1 aromatic heterocycles. The fraction of sp³-hybridized carbons (Fsp3) is 0.400. The lowest BCUT2D eigenvalue weighted by Crippen LogP contribution is -2.36. The number of hydrogen-bond donors (Lipinski definition) is 3. The van der Waals surface area contributed by atoms with Crippen molar-refractivity contribution in [2.24, 2.45) is 0 Å². The van der Waals surface area contributed by atoms with Crippen molar-refractivity contribution in [2.75, 3.05) is 11.9 Å². The van der Waals surface area contributed by atoms with Crippen LogP contribution in [-0.4, -0.2) is 29.6 Å². The molecular weight excluding hydrogens is 228 g/mol. The Morgan fingerprint density at radius 3 is 2.81 bits per heavy atom. The first-order valence-corrected chi connectivity index (χ1v) is 5.83. The molecule has 0 fully saturated rings. The summed E-state index contributed by atoms with van der Waals surface area (Å²) in [5.74, 6) is -1.38. The number of aliphatic hydroxyl groups is 1. The number of carbonyl (C=O) groups excluding carboxylic acids is 2. The zero-order chi connectivity index (χ0) is 12.0. The van der Waals surface area contributed by atoms with Gasteiger partial charge in [-0.1, -0.05) is 0 Å². The summed E-state index contributed by atoms with van der Waals surface area (Å²) in [6.07, 6.45) is -0.0578. The molecule has 2 amide bonds. The lowest BCUT2D eigenvalue weighted by atomic mass is 10.3. The number of rotatable bonds is 4. The van der Waals surface area contributed by atoms with Gasteiger partial charge in [0.2, 0.25) is 0 Å². The second-order valence-electron chi connectivity index (χ2n) is 3.36. The maximum Gasteiger partial charge on any atom is 0.313 e. The van der Waals surface area contributed by atoms with Crippen LogP contribution < -0.4 is 10.6 Å². The highest BCUT2D eigenvalue weighted by atomic mass is 32.1. The molecule has 0 bridgehead atoms. The second-order valence-corrected chi connectivity index (χ2v) is 4.14. The predicted octanol–water partition coefficient (Wildman–Crippen LogP) is 0.574. The number of carbonyl (C=O) groups is 2. The molecule has 0 aliphatic heterocycles. The van der Waals surface area contributed by atoms with Crippen LogP contribution in [0.3, 0.4) is 0 Å². The van der Waals surface area contributed by atoms with E-state index in [-0.39, 0.29) is 6.54 Å². The van der Waals surface area contributed by atoms with Crippen molar-refractivity contribution in [1.82, 2.24) is 5.32 Å². The van der Waals surface area contributed by atoms with Crippen LogP contribution >= 0.6 is 11.3 Å². The van der Waals surface area contributed by atoms with Gasteiger partial charge in [-0.05, 0) is 24.8 Å². The van der Waals surface area contributed by atoms with Crippen molar-refractivity contribution in [3.8, 4) is 0 Å². The minimum atomic E-state index is -0.691. The Morgan fingerprint density at radius 1 is 1.50 bits per heavy atom. The SMILES string of the molecule is CC(O)CCNC(=O)C(=O)Nc1ccsc1. The molecule has 0 saturated heterocycles. The van der Waals surface area contributed by atoms with Gasteiger partial charge in [0, 0.05) is 11.9 Å². The number of nitrogens with one attached hydrogen (secondary N) is 2.